The molecule has 0 aliphatic carbocycles. The number of nitrogen functional groups attached to an aromatic ring is 1. The minimum atomic E-state index is 0.353. The van der Waals surface area contributed by atoms with Gasteiger partial charge in [-0.1, -0.05) is 0 Å². The van der Waals surface area contributed by atoms with Crippen molar-refractivity contribution < 1.29 is 0 Å². The molecular weight excluding hydrogens is 228 g/mol. The number of rotatable bonds is 3. The molecule has 0 atom stereocenters. The number of nitrogens with two attached hydrogens (primary N) is 1. The topological polar surface area (TPSA) is 101 Å². The van der Waals surface area contributed by atoms with Crippen LogP contribution in [0, 0.1) is 18.3 Å². The quantitative estimate of drug-likeness (QED) is 0.837. The lowest BCUT2D eigenvalue weighted by Crippen LogP contribution is -2.07. The fourth-order valence-electron chi connectivity index (χ4n) is 1.49. The summed E-state index contributed by atoms with van der Waals surface area (Å²) in [5.41, 5.74) is 7.41. The van der Waals surface area contributed by atoms with Gasteiger partial charge in [0, 0.05) is 12.4 Å². The Morgan fingerprint density at radius 3 is 2.83 bits per heavy atom. The van der Waals surface area contributed by atoms with Crippen LogP contribution in [-0.4, -0.2) is 15.0 Å². The van der Waals surface area contributed by atoms with Gasteiger partial charge in [-0.2, -0.15) is 5.26 Å². The molecule has 3 N–H and O–H groups in total. The zero-order valence-electron chi connectivity index (χ0n) is 9.88. The number of hydrogen-bond donors (Lipinski definition) is 2. The Balaban J connectivity index is 2.14. The first kappa shape index (κ1) is 11.8. The average Bonchev–Trinajstić information content (AvgIpc) is 2.38. The molecule has 2 heterocycles. The summed E-state index contributed by atoms with van der Waals surface area (Å²) in [6.07, 6.45) is 3.24. The van der Waals surface area contributed by atoms with Crippen LogP contribution in [0.2, 0.25) is 0 Å². The minimum Gasteiger partial charge on any atom is -0.395 e. The van der Waals surface area contributed by atoms with Crippen LogP contribution in [0.3, 0.4) is 0 Å². The van der Waals surface area contributed by atoms with Gasteiger partial charge in [0.1, 0.15) is 11.9 Å². The van der Waals surface area contributed by atoms with E-state index >= 15 is 0 Å². The Kier molecular flexibility index (Phi) is 3.34. The summed E-state index contributed by atoms with van der Waals surface area (Å²) in [6.45, 7) is 2.31. The van der Waals surface area contributed by atoms with Crippen LogP contribution in [0.15, 0.2) is 24.5 Å². The van der Waals surface area contributed by atoms with Crippen molar-refractivity contribution in [3.05, 3.63) is 41.6 Å². The Morgan fingerprint density at radius 1 is 1.33 bits per heavy atom. The van der Waals surface area contributed by atoms with E-state index in [4.69, 9.17) is 11.0 Å². The third-order valence-corrected chi connectivity index (χ3v) is 2.38. The largest absolute Gasteiger partial charge is 0.395 e. The maximum Gasteiger partial charge on any atom is 0.150 e. The van der Waals surface area contributed by atoms with Crippen molar-refractivity contribution in [2.45, 2.75) is 13.5 Å². The molecule has 0 unspecified atom stereocenters. The zero-order chi connectivity index (χ0) is 13.0. The highest BCUT2D eigenvalue weighted by atomic mass is 15.0. The predicted octanol–water partition coefficient (Wildman–Crippen LogP) is 1.25. The standard InChI is InChI=1S/C12H12N6/c1-8-15-5-3-10(18-8)7-17-12-11(14)9(6-13)2-4-16-12/h2-5H,7,14H2,1H3,(H,16,17). The number of aromatic nitrogens is 3. The van der Waals surface area contributed by atoms with Gasteiger partial charge in [-0.25, -0.2) is 15.0 Å². The van der Waals surface area contributed by atoms with Gasteiger partial charge in [0.05, 0.1) is 23.5 Å². The van der Waals surface area contributed by atoms with Gasteiger partial charge in [0.15, 0.2) is 5.82 Å². The predicted molar refractivity (Wildman–Crippen MR) is 67.5 cm³/mol. The van der Waals surface area contributed by atoms with E-state index in [-0.39, 0.29) is 0 Å². The number of nitriles is 1. The summed E-state index contributed by atoms with van der Waals surface area (Å²) < 4.78 is 0. The fraction of sp³-hybridized carbons (Fsp3) is 0.167. The van der Waals surface area contributed by atoms with Crippen molar-refractivity contribution in [3.63, 3.8) is 0 Å². The lowest BCUT2D eigenvalue weighted by molar-refractivity contribution is 0.950. The molecule has 0 fully saturated rings. The van der Waals surface area contributed by atoms with Crippen molar-refractivity contribution in [1.29, 1.82) is 5.26 Å². The Labute approximate surface area is 105 Å². The van der Waals surface area contributed by atoms with Crippen LogP contribution in [0.25, 0.3) is 0 Å². The van der Waals surface area contributed by atoms with Gasteiger partial charge in [0.2, 0.25) is 0 Å². The van der Waals surface area contributed by atoms with Gasteiger partial charge < -0.3 is 11.1 Å². The van der Waals surface area contributed by atoms with E-state index < -0.39 is 0 Å². The number of nitrogens with zero attached hydrogens (tertiary/aromatic N) is 4. The smallest absolute Gasteiger partial charge is 0.150 e. The molecular formula is C12H12N6. The minimum absolute atomic E-state index is 0.353. The first-order valence-electron chi connectivity index (χ1n) is 5.37. The Hall–Kier alpha value is -2.68. The van der Waals surface area contributed by atoms with Crippen LogP contribution < -0.4 is 11.1 Å². The third kappa shape index (κ3) is 2.52. The van der Waals surface area contributed by atoms with Gasteiger partial charge in [0.25, 0.3) is 0 Å². The van der Waals surface area contributed by atoms with E-state index in [1.165, 1.54) is 0 Å². The highest BCUT2D eigenvalue weighted by molar-refractivity contribution is 5.68. The summed E-state index contributed by atoms with van der Waals surface area (Å²) in [7, 11) is 0. The second-order valence-corrected chi connectivity index (χ2v) is 3.68. The van der Waals surface area contributed by atoms with Crippen LogP contribution in [0.5, 0.6) is 0 Å². The van der Waals surface area contributed by atoms with Crippen molar-refractivity contribution in [2.75, 3.05) is 11.1 Å². The van der Waals surface area contributed by atoms with Crippen LogP contribution in [0.1, 0.15) is 17.1 Å². The lowest BCUT2D eigenvalue weighted by Gasteiger charge is -2.08. The van der Waals surface area contributed by atoms with Crippen molar-refractivity contribution >= 4 is 11.5 Å². The molecule has 2 aromatic rings. The molecule has 90 valence electrons. The van der Waals surface area contributed by atoms with Crippen LogP contribution >= 0.6 is 0 Å². The van der Waals surface area contributed by atoms with E-state index in [2.05, 4.69) is 20.3 Å². The Bertz CT molecular complexity index is 602. The van der Waals surface area contributed by atoms with E-state index in [0.717, 1.165) is 5.69 Å². The highest BCUT2D eigenvalue weighted by Gasteiger charge is 2.05. The molecule has 0 aromatic carbocycles. The summed E-state index contributed by atoms with van der Waals surface area (Å²) in [5.74, 6) is 1.20. The summed E-state index contributed by atoms with van der Waals surface area (Å²) in [5, 5.41) is 11.9. The zero-order valence-corrected chi connectivity index (χ0v) is 9.88. The molecule has 0 saturated heterocycles. The molecule has 0 aliphatic heterocycles. The first-order chi connectivity index (χ1) is 8.70. The molecule has 6 heteroatoms. The number of pyridine rings is 1. The van der Waals surface area contributed by atoms with Crippen LogP contribution in [-0.2, 0) is 6.54 Å². The number of anilines is 2. The molecule has 2 rings (SSSR count). The lowest BCUT2D eigenvalue weighted by atomic mass is 10.2. The second kappa shape index (κ2) is 5.10. The monoisotopic (exact) mass is 240 g/mol. The van der Waals surface area contributed by atoms with Crippen molar-refractivity contribution in [1.82, 2.24) is 15.0 Å². The normalized spacial score (nSPS) is 9.78. The van der Waals surface area contributed by atoms with E-state index in [1.54, 1.807) is 18.5 Å². The average molecular weight is 240 g/mol. The molecule has 0 aliphatic rings. The molecule has 0 saturated carbocycles. The Morgan fingerprint density at radius 2 is 2.11 bits per heavy atom. The SMILES string of the molecule is Cc1nccc(CNc2nccc(C#N)c2N)n1. The molecule has 0 bridgehead atoms. The second-order valence-electron chi connectivity index (χ2n) is 3.68. The number of aryl methyl sites for hydroxylation is 1. The molecule has 6 nitrogen and oxygen atoms in total. The van der Waals surface area contributed by atoms with Crippen molar-refractivity contribution in [2.24, 2.45) is 0 Å². The summed E-state index contributed by atoms with van der Waals surface area (Å²) >= 11 is 0. The fourth-order valence-corrected chi connectivity index (χ4v) is 1.49. The highest BCUT2D eigenvalue weighted by Crippen LogP contribution is 2.19. The maximum atomic E-state index is 8.86. The van der Waals surface area contributed by atoms with Gasteiger partial charge in [-0.15, -0.1) is 0 Å². The molecule has 0 spiro atoms. The molecule has 18 heavy (non-hydrogen) atoms. The molecule has 0 amide bonds. The van der Waals surface area contributed by atoms with E-state index in [9.17, 15) is 0 Å². The number of hydrogen-bond acceptors (Lipinski definition) is 6. The summed E-state index contributed by atoms with van der Waals surface area (Å²) in [4.78, 5) is 12.4. The van der Waals surface area contributed by atoms with Crippen molar-refractivity contribution in [3.8, 4) is 6.07 Å². The van der Waals surface area contributed by atoms with E-state index in [0.29, 0.717) is 29.4 Å². The van der Waals surface area contributed by atoms with Gasteiger partial charge in [-0.05, 0) is 19.1 Å². The van der Waals surface area contributed by atoms with Gasteiger partial charge in [-0.3, -0.25) is 0 Å². The first-order valence-corrected chi connectivity index (χ1v) is 5.37. The molecule has 2 aromatic heterocycles. The number of nitrogens with one attached hydrogen (secondary N) is 1. The molecule has 0 radical (unpaired) electrons. The summed E-state index contributed by atoms with van der Waals surface area (Å²) in [6, 6.07) is 5.40. The maximum absolute atomic E-state index is 8.86. The van der Waals surface area contributed by atoms with Crippen LogP contribution in [0.4, 0.5) is 11.5 Å². The van der Waals surface area contributed by atoms with E-state index in [1.807, 2.05) is 19.1 Å². The third-order valence-electron chi connectivity index (χ3n) is 2.38. The van der Waals surface area contributed by atoms with Gasteiger partial charge >= 0.3 is 0 Å².